The lowest BCUT2D eigenvalue weighted by atomic mass is 10.1. The molecule has 1 aromatic carbocycles. The average Bonchev–Trinajstić information content (AvgIpc) is 3.51. The maximum atomic E-state index is 4.70. The van der Waals surface area contributed by atoms with Crippen molar-refractivity contribution in [2.75, 3.05) is 29.4 Å². The molecular formula is C27H28N8. The van der Waals surface area contributed by atoms with Gasteiger partial charge in [-0.15, -0.1) is 0 Å². The van der Waals surface area contributed by atoms with Crippen LogP contribution in [0.25, 0.3) is 16.6 Å². The second kappa shape index (κ2) is 8.87. The molecule has 5 heterocycles. The predicted octanol–water partition coefficient (Wildman–Crippen LogP) is 3.83. The highest BCUT2D eigenvalue weighted by Gasteiger charge is 2.27. The first-order chi connectivity index (χ1) is 17.1. The summed E-state index contributed by atoms with van der Waals surface area (Å²) < 4.78 is 3.78. The molecule has 1 aliphatic heterocycles. The molecule has 5 aromatic rings. The average molecular weight is 465 g/mol. The standard InChI is InChI=1S/C27H28N8/c1-20-17-33(26-16-31-35-19-23(8-9-25(26)35)24-15-30-32(2)18-24)10-11-34(20)27-28-13-22(14-29-27)12-21-6-4-3-5-7-21/h3-9,13-16,18-20H,10-12,17H2,1-2H3. The highest BCUT2D eigenvalue weighted by atomic mass is 15.4. The zero-order valence-electron chi connectivity index (χ0n) is 20.0. The third-order valence-electron chi connectivity index (χ3n) is 6.70. The van der Waals surface area contributed by atoms with Crippen molar-refractivity contribution < 1.29 is 0 Å². The van der Waals surface area contributed by atoms with Gasteiger partial charge in [0, 0.05) is 75.1 Å². The molecule has 1 aliphatic rings. The summed E-state index contributed by atoms with van der Waals surface area (Å²) in [5.41, 5.74) is 6.86. The van der Waals surface area contributed by atoms with Gasteiger partial charge in [-0.1, -0.05) is 36.4 Å². The van der Waals surface area contributed by atoms with Gasteiger partial charge in [-0.25, -0.2) is 14.5 Å². The number of aryl methyl sites for hydroxylation is 1. The van der Waals surface area contributed by atoms with Crippen molar-refractivity contribution in [1.29, 1.82) is 0 Å². The Labute approximate surface area is 204 Å². The number of hydrogen-bond donors (Lipinski definition) is 0. The van der Waals surface area contributed by atoms with Crippen molar-refractivity contribution in [1.82, 2.24) is 29.4 Å². The van der Waals surface area contributed by atoms with Gasteiger partial charge in [0.15, 0.2) is 0 Å². The summed E-state index contributed by atoms with van der Waals surface area (Å²) in [6, 6.07) is 15.0. The van der Waals surface area contributed by atoms with Crippen LogP contribution in [0.4, 0.5) is 11.6 Å². The van der Waals surface area contributed by atoms with Crippen LogP contribution in [-0.2, 0) is 13.5 Å². The number of nitrogens with zero attached hydrogens (tertiary/aromatic N) is 8. The molecule has 6 rings (SSSR count). The lowest BCUT2D eigenvalue weighted by molar-refractivity contribution is 0.541. The summed E-state index contributed by atoms with van der Waals surface area (Å²) in [4.78, 5) is 14.1. The third kappa shape index (κ3) is 4.23. The van der Waals surface area contributed by atoms with E-state index in [1.165, 1.54) is 5.56 Å². The Morgan fingerprint density at radius 3 is 2.40 bits per heavy atom. The largest absolute Gasteiger partial charge is 0.365 e. The van der Waals surface area contributed by atoms with Crippen molar-refractivity contribution in [2.45, 2.75) is 19.4 Å². The minimum atomic E-state index is 0.285. The molecule has 0 amide bonds. The number of piperazine rings is 1. The second-order valence-electron chi connectivity index (χ2n) is 9.22. The van der Waals surface area contributed by atoms with Crippen LogP contribution in [0, 0.1) is 0 Å². The maximum Gasteiger partial charge on any atom is 0.225 e. The molecule has 4 aromatic heterocycles. The SMILES string of the molecule is CC1CN(c2cnn3cc(-c4cnn(C)c4)ccc23)CCN1c1ncc(Cc2ccccc2)cn1. The molecule has 1 atom stereocenters. The summed E-state index contributed by atoms with van der Waals surface area (Å²) in [5.74, 6) is 0.801. The van der Waals surface area contributed by atoms with Crippen LogP contribution in [0.5, 0.6) is 0 Å². The van der Waals surface area contributed by atoms with Crippen molar-refractivity contribution in [3.8, 4) is 11.1 Å². The van der Waals surface area contributed by atoms with Gasteiger partial charge in [0.2, 0.25) is 5.95 Å². The minimum absolute atomic E-state index is 0.285. The number of anilines is 2. The molecule has 0 N–H and O–H groups in total. The number of hydrogen-bond acceptors (Lipinski definition) is 6. The molecule has 1 unspecified atom stereocenters. The quantitative estimate of drug-likeness (QED) is 0.394. The Morgan fingerprint density at radius 1 is 0.829 bits per heavy atom. The Balaban J connectivity index is 1.15. The van der Waals surface area contributed by atoms with E-state index in [-0.39, 0.29) is 6.04 Å². The topological polar surface area (TPSA) is 67.4 Å². The molecule has 0 bridgehead atoms. The zero-order chi connectivity index (χ0) is 23.8. The lowest BCUT2D eigenvalue weighted by Gasteiger charge is -2.40. The number of fused-ring (bicyclic) bond motifs is 1. The van der Waals surface area contributed by atoms with Gasteiger partial charge in [-0.2, -0.15) is 10.2 Å². The fourth-order valence-corrected chi connectivity index (χ4v) is 4.85. The second-order valence-corrected chi connectivity index (χ2v) is 9.22. The lowest BCUT2D eigenvalue weighted by Crippen LogP contribution is -2.52. The third-order valence-corrected chi connectivity index (χ3v) is 6.70. The van der Waals surface area contributed by atoms with Gasteiger partial charge in [-0.05, 0) is 24.1 Å². The summed E-state index contributed by atoms with van der Waals surface area (Å²) in [6.45, 7) is 4.88. The van der Waals surface area contributed by atoms with Crippen LogP contribution in [0.2, 0.25) is 0 Å². The first kappa shape index (κ1) is 21.3. The molecule has 0 spiro atoms. The van der Waals surface area contributed by atoms with E-state index >= 15 is 0 Å². The molecule has 0 aliphatic carbocycles. The van der Waals surface area contributed by atoms with Crippen molar-refractivity contribution in [2.24, 2.45) is 7.05 Å². The fourth-order valence-electron chi connectivity index (χ4n) is 4.85. The van der Waals surface area contributed by atoms with E-state index < -0.39 is 0 Å². The van der Waals surface area contributed by atoms with E-state index in [9.17, 15) is 0 Å². The molecule has 0 saturated carbocycles. The molecule has 176 valence electrons. The van der Waals surface area contributed by atoms with E-state index in [2.05, 4.69) is 69.5 Å². The molecule has 1 saturated heterocycles. The summed E-state index contributed by atoms with van der Waals surface area (Å²) in [7, 11) is 1.93. The van der Waals surface area contributed by atoms with Gasteiger partial charge >= 0.3 is 0 Å². The fraction of sp³-hybridized carbons (Fsp3) is 0.259. The summed E-state index contributed by atoms with van der Waals surface area (Å²) in [6.07, 6.45) is 12.7. The van der Waals surface area contributed by atoms with Gasteiger partial charge < -0.3 is 9.80 Å². The highest BCUT2D eigenvalue weighted by molar-refractivity contribution is 5.75. The molecule has 8 nitrogen and oxygen atoms in total. The number of aromatic nitrogens is 6. The normalized spacial score (nSPS) is 16.2. The van der Waals surface area contributed by atoms with E-state index in [0.29, 0.717) is 0 Å². The van der Waals surface area contributed by atoms with Crippen LogP contribution >= 0.6 is 0 Å². The predicted molar refractivity (Wildman–Crippen MR) is 138 cm³/mol. The van der Waals surface area contributed by atoms with E-state index in [4.69, 9.17) is 9.97 Å². The maximum absolute atomic E-state index is 4.70. The Bertz CT molecular complexity index is 1440. The zero-order valence-corrected chi connectivity index (χ0v) is 20.0. The van der Waals surface area contributed by atoms with Crippen LogP contribution in [0.3, 0.4) is 0 Å². The van der Waals surface area contributed by atoms with E-state index in [1.807, 2.05) is 53.3 Å². The first-order valence-corrected chi connectivity index (χ1v) is 12.0. The van der Waals surface area contributed by atoms with E-state index in [0.717, 1.165) is 59.9 Å². The molecular weight excluding hydrogens is 436 g/mol. The smallest absolute Gasteiger partial charge is 0.225 e. The molecule has 1 fully saturated rings. The van der Waals surface area contributed by atoms with Crippen LogP contribution in [-0.4, -0.2) is 55.0 Å². The first-order valence-electron chi connectivity index (χ1n) is 12.0. The molecule has 0 radical (unpaired) electrons. The van der Waals surface area contributed by atoms with Gasteiger partial charge in [-0.3, -0.25) is 4.68 Å². The van der Waals surface area contributed by atoms with Gasteiger partial charge in [0.1, 0.15) is 0 Å². The van der Waals surface area contributed by atoms with Crippen molar-refractivity contribution in [3.63, 3.8) is 0 Å². The number of benzene rings is 1. The number of rotatable bonds is 5. The molecule has 35 heavy (non-hydrogen) atoms. The number of pyridine rings is 1. The van der Waals surface area contributed by atoms with Gasteiger partial charge in [0.25, 0.3) is 0 Å². The van der Waals surface area contributed by atoms with Crippen molar-refractivity contribution in [3.05, 3.63) is 90.8 Å². The Kier molecular flexibility index (Phi) is 5.41. The van der Waals surface area contributed by atoms with Crippen LogP contribution in [0.1, 0.15) is 18.1 Å². The summed E-state index contributed by atoms with van der Waals surface area (Å²) in [5, 5.41) is 8.92. The Morgan fingerprint density at radius 2 is 1.66 bits per heavy atom. The van der Waals surface area contributed by atoms with Crippen molar-refractivity contribution >= 4 is 17.2 Å². The summed E-state index contributed by atoms with van der Waals surface area (Å²) >= 11 is 0. The van der Waals surface area contributed by atoms with Crippen LogP contribution < -0.4 is 9.80 Å². The van der Waals surface area contributed by atoms with E-state index in [1.54, 1.807) is 0 Å². The molecule has 8 heteroatoms. The van der Waals surface area contributed by atoms with Gasteiger partial charge in [0.05, 0.1) is 23.6 Å². The minimum Gasteiger partial charge on any atom is -0.365 e. The highest BCUT2D eigenvalue weighted by Crippen LogP contribution is 2.28. The van der Waals surface area contributed by atoms with Crippen LogP contribution in [0.15, 0.2) is 79.6 Å². The Hall–Kier alpha value is -4.20. The monoisotopic (exact) mass is 464 g/mol.